The van der Waals surface area contributed by atoms with Gasteiger partial charge in [0, 0.05) is 0 Å². The largest absolute Gasteiger partial charge is 0.393 e. The van der Waals surface area contributed by atoms with E-state index in [1.807, 2.05) is 0 Å². The second-order valence-corrected chi connectivity index (χ2v) is 12.3. The fourth-order valence-corrected chi connectivity index (χ4v) is 8.65. The van der Waals surface area contributed by atoms with Gasteiger partial charge in [-0.1, -0.05) is 65.5 Å². The Kier molecular flexibility index (Phi) is 6.01. The molecular weight excluding hydrogens is 356 g/mol. The Labute approximate surface area is 179 Å². The second-order valence-electron chi connectivity index (χ2n) is 12.3. The lowest BCUT2D eigenvalue weighted by atomic mass is 9.46. The number of fused-ring (bicyclic) bond motifs is 5. The number of rotatable bonds is 5. The minimum absolute atomic E-state index is 0.200. The van der Waals surface area contributed by atoms with Crippen LogP contribution in [0.15, 0.2) is 11.6 Å². The van der Waals surface area contributed by atoms with E-state index in [1.165, 1.54) is 50.5 Å². The molecule has 0 amide bonds. The second kappa shape index (κ2) is 7.97. The van der Waals surface area contributed by atoms with Gasteiger partial charge < -0.3 is 10.2 Å². The summed E-state index contributed by atoms with van der Waals surface area (Å²) < 4.78 is 0. The van der Waals surface area contributed by atoms with E-state index < -0.39 is 0 Å². The van der Waals surface area contributed by atoms with Gasteiger partial charge in [0.2, 0.25) is 0 Å². The van der Waals surface area contributed by atoms with Gasteiger partial charge in [-0.3, -0.25) is 0 Å². The van der Waals surface area contributed by atoms with Crippen molar-refractivity contribution in [2.24, 2.45) is 46.3 Å². The zero-order chi connectivity index (χ0) is 21.0. The molecule has 0 aromatic carbocycles. The first-order valence-electron chi connectivity index (χ1n) is 12.7. The molecule has 4 rings (SSSR count). The zero-order valence-electron chi connectivity index (χ0n) is 19.7. The first kappa shape index (κ1) is 21.9. The number of aliphatic hydroxyl groups is 2. The first-order valence-corrected chi connectivity index (χ1v) is 12.7. The SMILES string of the molecule is CC(C)CCCC(C)C1CCC2C3C(CCC12C)C1(C)CC[C@H](O)CC1=C[C@@H]3O. The van der Waals surface area contributed by atoms with E-state index in [9.17, 15) is 10.2 Å². The molecular formula is C27H46O2. The van der Waals surface area contributed by atoms with E-state index >= 15 is 0 Å². The topological polar surface area (TPSA) is 40.5 Å². The van der Waals surface area contributed by atoms with Crippen molar-refractivity contribution in [2.45, 2.75) is 111 Å². The third-order valence-electron chi connectivity index (χ3n) is 10.3. The molecule has 4 aliphatic rings. The van der Waals surface area contributed by atoms with Crippen molar-refractivity contribution in [3.8, 4) is 0 Å². The molecule has 2 nitrogen and oxygen atoms in total. The highest BCUT2D eigenvalue weighted by molar-refractivity contribution is 5.27. The molecule has 0 spiro atoms. The van der Waals surface area contributed by atoms with E-state index in [-0.39, 0.29) is 17.6 Å². The predicted molar refractivity (Wildman–Crippen MR) is 120 cm³/mol. The molecule has 29 heavy (non-hydrogen) atoms. The van der Waals surface area contributed by atoms with Gasteiger partial charge in [-0.25, -0.2) is 0 Å². The lowest BCUT2D eigenvalue weighted by molar-refractivity contribution is -0.0970. The van der Waals surface area contributed by atoms with Crippen molar-refractivity contribution in [3.63, 3.8) is 0 Å². The van der Waals surface area contributed by atoms with Gasteiger partial charge in [0.1, 0.15) is 0 Å². The summed E-state index contributed by atoms with van der Waals surface area (Å²) in [5, 5.41) is 21.5. The number of aliphatic hydroxyl groups excluding tert-OH is 2. The van der Waals surface area contributed by atoms with Crippen LogP contribution in [-0.4, -0.2) is 22.4 Å². The molecule has 0 aliphatic heterocycles. The Hall–Kier alpha value is -0.340. The smallest absolute Gasteiger partial charge is 0.0757 e. The Morgan fingerprint density at radius 2 is 1.72 bits per heavy atom. The van der Waals surface area contributed by atoms with Crippen LogP contribution in [0.3, 0.4) is 0 Å². The summed E-state index contributed by atoms with van der Waals surface area (Å²) in [6.45, 7) is 12.2. The van der Waals surface area contributed by atoms with E-state index in [1.54, 1.807) is 0 Å². The molecule has 2 heteroatoms. The third-order valence-corrected chi connectivity index (χ3v) is 10.3. The van der Waals surface area contributed by atoms with Crippen LogP contribution >= 0.6 is 0 Å². The molecule has 0 heterocycles. The maximum Gasteiger partial charge on any atom is 0.0757 e. The highest BCUT2D eigenvalue weighted by Crippen LogP contribution is 2.67. The van der Waals surface area contributed by atoms with Gasteiger partial charge in [0.25, 0.3) is 0 Å². The molecule has 0 aromatic heterocycles. The summed E-state index contributed by atoms with van der Waals surface area (Å²) in [7, 11) is 0. The quantitative estimate of drug-likeness (QED) is 0.525. The minimum Gasteiger partial charge on any atom is -0.393 e. The maximum atomic E-state index is 11.3. The van der Waals surface area contributed by atoms with Crippen LogP contribution in [0.1, 0.15) is 98.8 Å². The summed E-state index contributed by atoms with van der Waals surface area (Å²) in [6, 6.07) is 0. The average molecular weight is 403 g/mol. The van der Waals surface area contributed by atoms with Crippen LogP contribution in [0.2, 0.25) is 0 Å². The summed E-state index contributed by atoms with van der Waals surface area (Å²) in [4.78, 5) is 0. The molecule has 0 radical (unpaired) electrons. The molecule has 3 saturated carbocycles. The molecule has 0 aromatic rings. The van der Waals surface area contributed by atoms with Crippen molar-refractivity contribution in [3.05, 3.63) is 11.6 Å². The Morgan fingerprint density at radius 3 is 2.45 bits per heavy atom. The van der Waals surface area contributed by atoms with Gasteiger partial charge in [0.15, 0.2) is 0 Å². The fraction of sp³-hybridized carbons (Fsp3) is 0.926. The normalized spacial score (nSPS) is 47.9. The van der Waals surface area contributed by atoms with Crippen LogP contribution in [0, 0.1) is 46.3 Å². The molecule has 4 aliphatic carbocycles. The van der Waals surface area contributed by atoms with Gasteiger partial charge in [-0.05, 0) is 91.3 Å². The average Bonchev–Trinajstić information content (AvgIpc) is 3.00. The van der Waals surface area contributed by atoms with Crippen LogP contribution in [-0.2, 0) is 0 Å². The monoisotopic (exact) mass is 402 g/mol. The van der Waals surface area contributed by atoms with Crippen molar-refractivity contribution >= 4 is 0 Å². The highest BCUT2D eigenvalue weighted by Gasteiger charge is 2.61. The van der Waals surface area contributed by atoms with E-state index in [2.05, 4.69) is 40.7 Å². The maximum absolute atomic E-state index is 11.3. The molecule has 166 valence electrons. The van der Waals surface area contributed by atoms with Crippen LogP contribution in [0.5, 0.6) is 0 Å². The Bertz CT molecular complexity index is 624. The lowest BCUT2D eigenvalue weighted by Gasteiger charge is -2.59. The van der Waals surface area contributed by atoms with Crippen molar-refractivity contribution < 1.29 is 10.2 Å². The first-order chi connectivity index (χ1) is 13.7. The Morgan fingerprint density at radius 1 is 0.966 bits per heavy atom. The number of hydrogen-bond acceptors (Lipinski definition) is 2. The summed E-state index contributed by atoms with van der Waals surface area (Å²) in [5.74, 6) is 4.18. The summed E-state index contributed by atoms with van der Waals surface area (Å²) >= 11 is 0. The molecule has 3 fully saturated rings. The van der Waals surface area contributed by atoms with Gasteiger partial charge >= 0.3 is 0 Å². The van der Waals surface area contributed by atoms with Crippen LogP contribution in [0.4, 0.5) is 0 Å². The summed E-state index contributed by atoms with van der Waals surface area (Å²) in [6.07, 6.45) is 13.9. The van der Waals surface area contributed by atoms with Crippen molar-refractivity contribution in [2.75, 3.05) is 0 Å². The standard InChI is InChI=1S/C27H46O2/c1-17(2)7-6-8-18(3)21-9-10-22-25-23(12-14-27(21,22)5)26(4)13-11-20(28)15-19(26)16-24(25)29/h16-18,20-25,28-29H,6-15H2,1-5H3/t18?,20-,21?,22?,23?,24-,25?,26?,27?/m0/s1. The molecule has 7 unspecified atom stereocenters. The third kappa shape index (κ3) is 3.65. The van der Waals surface area contributed by atoms with E-state index in [4.69, 9.17) is 0 Å². The van der Waals surface area contributed by atoms with Crippen LogP contribution in [0.25, 0.3) is 0 Å². The zero-order valence-corrected chi connectivity index (χ0v) is 19.7. The van der Waals surface area contributed by atoms with Gasteiger partial charge in [-0.2, -0.15) is 0 Å². The van der Waals surface area contributed by atoms with Crippen molar-refractivity contribution in [1.82, 2.24) is 0 Å². The van der Waals surface area contributed by atoms with Crippen LogP contribution < -0.4 is 0 Å². The van der Waals surface area contributed by atoms with E-state index in [0.29, 0.717) is 23.2 Å². The highest BCUT2D eigenvalue weighted by atomic mass is 16.3. The Balaban J connectivity index is 1.54. The molecule has 0 saturated heterocycles. The van der Waals surface area contributed by atoms with Gasteiger partial charge in [0.05, 0.1) is 12.2 Å². The molecule has 2 N–H and O–H groups in total. The van der Waals surface area contributed by atoms with E-state index in [0.717, 1.165) is 37.0 Å². The molecule has 0 bridgehead atoms. The minimum atomic E-state index is -0.298. The summed E-state index contributed by atoms with van der Waals surface area (Å²) in [5.41, 5.74) is 1.99. The lowest BCUT2D eigenvalue weighted by Crippen LogP contribution is -2.54. The van der Waals surface area contributed by atoms with Gasteiger partial charge in [-0.15, -0.1) is 0 Å². The number of hydrogen-bond donors (Lipinski definition) is 2. The predicted octanol–water partition coefficient (Wildman–Crippen LogP) is 6.36. The molecule has 9 atom stereocenters. The fourth-order valence-electron chi connectivity index (χ4n) is 8.65. The van der Waals surface area contributed by atoms with Crippen molar-refractivity contribution in [1.29, 1.82) is 0 Å².